The van der Waals surface area contributed by atoms with E-state index in [0.29, 0.717) is 17.5 Å². The Kier molecular flexibility index (Phi) is 5.95. The van der Waals surface area contributed by atoms with Crippen molar-refractivity contribution in [1.82, 2.24) is 15.0 Å². The molecule has 7 aromatic carbocycles. The molecule has 1 aliphatic heterocycles. The lowest BCUT2D eigenvalue weighted by atomic mass is 9.98. The molecular formula is C45H29N3OSSi. The van der Waals surface area contributed by atoms with E-state index in [4.69, 9.17) is 19.4 Å². The molecule has 6 heteroatoms. The van der Waals surface area contributed by atoms with Crippen molar-refractivity contribution < 1.29 is 4.42 Å². The Labute approximate surface area is 298 Å². The molecule has 3 aromatic heterocycles. The first kappa shape index (κ1) is 28.8. The first-order chi connectivity index (χ1) is 25.0. The number of nitrogens with zero attached hydrogens (tertiary/aromatic N) is 3. The third kappa shape index (κ3) is 4.21. The third-order valence-corrected chi connectivity index (χ3v) is 15.4. The van der Waals surface area contributed by atoms with Crippen LogP contribution in [0.1, 0.15) is 0 Å². The number of para-hydroxylation sites is 1. The van der Waals surface area contributed by atoms with Crippen LogP contribution in [0.15, 0.2) is 144 Å². The average molecular weight is 688 g/mol. The predicted molar refractivity (Wildman–Crippen MR) is 216 cm³/mol. The molecule has 0 unspecified atom stereocenters. The Hall–Kier alpha value is -5.95. The summed E-state index contributed by atoms with van der Waals surface area (Å²) in [7, 11) is -2.08. The number of furan rings is 1. The summed E-state index contributed by atoms with van der Waals surface area (Å²) in [5, 5.41) is 9.70. The lowest BCUT2D eigenvalue weighted by molar-refractivity contribution is 0.670. The van der Waals surface area contributed by atoms with Gasteiger partial charge in [0.2, 0.25) is 0 Å². The number of hydrogen-bond acceptors (Lipinski definition) is 5. The van der Waals surface area contributed by atoms with Crippen LogP contribution in [0.25, 0.3) is 98.2 Å². The molecule has 0 saturated carbocycles. The largest absolute Gasteiger partial charge is 0.455 e. The summed E-state index contributed by atoms with van der Waals surface area (Å²) in [4.78, 5) is 15.9. The SMILES string of the molecule is C[Si]1(C)c2ccccc2-c2c1cc(-c1nc(-c3ccc4ccccc4c3)nc(-c3ccc4sc5ccccc5c4c3)n1)c1c2oc2ccccc21. The molecule has 0 atom stereocenters. The molecule has 4 nitrogen and oxygen atoms in total. The predicted octanol–water partition coefficient (Wildman–Crippen LogP) is 11.1. The van der Waals surface area contributed by atoms with Gasteiger partial charge in [0.15, 0.2) is 17.5 Å². The summed E-state index contributed by atoms with van der Waals surface area (Å²) in [6.45, 7) is 4.88. The maximum atomic E-state index is 6.82. The van der Waals surface area contributed by atoms with E-state index in [1.54, 1.807) is 0 Å². The van der Waals surface area contributed by atoms with E-state index in [0.717, 1.165) is 44.0 Å². The number of thiophene rings is 1. The van der Waals surface area contributed by atoms with Gasteiger partial charge in [-0.1, -0.05) is 110 Å². The molecule has 240 valence electrons. The van der Waals surface area contributed by atoms with Crippen molar-refractivity contribution in [2.75, 3.05) is 0 Å². The molecule has 0 amide bonds. The minimum atomic E-state index is -2.08. The van der Waals surface area contributed by atoms with Gasteiger partial charge in [0.1, 0.15) is 19.2 Å². The Balaban J connectivity index is 1.23. The van der Waals surface area contributed by atoms with E-state index in [2.05, 4.69) is 147 Å². The first-order valence-corrected chi connectivity index (χ1v) is 21.1. The van der Waals surface area contributed by atoms with Gasteiger partial charge in [-0.15, -0.1) is 11.3 Å². The fourth-order valence-electron chi connectivity index (χ4n) is 8.18. The van der Waals surface area contributed by atoms with Gasteiger partial charge in [-0.05, 0) is 69.2 Å². The Morgan fingerprint density at radius 2 is 1.18 bits per heavy atom. The van der Waals surface area contributed by atoms with Crippen LogP contribution in [0.4, 0.5) is 0 Å². The highest BCUT2D eigenvalue weighted by molar-refractivity contribution is 7.25. The van der Waals surface area contributed by atoms with Crippen LogP contribution < -0.4 is 10.4 Å². The van der Waals surface area contributed by atoms with Crippen LogP contribution in [-0.2, 0) is 0 Å². The molecule has 0 saturated heterocycles. The minimum Gasteiger partial charge on any atom is -0.455 e. The molecule has 0 N–H and O–H groups in total. The van der Waals surface area contributed by atoms with Crippen LogP contribution in [0.5, 0.6) is 0 Å². The van der Waals surface area contributed by atoms with E-state index >= 15 is 0 Å². The van der Waals surface area contributed by atoms with E-state index in [1.165, 1.54) is 47.1 Å². The van der Waals surface area contributed by atoms with Gasteiger partial charge < -0.3 is 4.42 Å². The van der Waals surface area contributed by atoms with Gasteiger partial charge in [0.25, 0.3) is 0 Å². The van der Waals surface area contributed by atoms with Crippen LogP contribution in [0, 0.1) is 0 Å². The molecule has 0 bridgehead atoms. The van der Waals surface area contributed by atoms with Gasteiger partial charge in [0.05, 0.1) is 0 Å². The van der Waals surface area contributed by atoms with Crippen molar-refractivity contribution in [3.05, 3.63) is 140 Å². The zero-order chi connectivity index (χ0) is 33.8. The molecule has 0 spiro atoms. The van der Waals surface area contributed by atoms with E-state index in [9.17, 15) is 0 Å². The monoisotopic (exact) mass is 687 g/mol. The normalized spacial score (nSPS) is 13.5. The molecule has 11 rings (SSSR count). The Bertz CT molecular complexity index is 3080. The van der Waals surface area contributed by atoms with Crippen LogP contribution in [0.3, 0.4) is 0 Å². The highest BCUT2D eigenvalue weighted by Gasteiger charge is 2.40. The van der Waals surface area contributed by atoms with Crippen LogP contribution in [-0.4, -0.2) is 23.0 Å². The molecule has 10 aromatic rings. The highest BCUT2D eigenvalue weighted by atomic mass is 32.1. The quantitative estimate of drug-likeness (QED) is 0.174. The average Bonchev–Trinajstić information content (AvgIpc) is 3.82. The van der Waals surface area contributed by atoms with Crippen LogP contribution in [0.2, 0.25) is 13.1 Å². The second-order valence-electron chi connectivity index (χ2n) is 14.0. The fourth-order valence-corrected chi connectivity index (χ4v) is 12.3. The maximum absolute atomic E-state index is 6.82. The standard InChI is InChI=1S/C45H29N3OSSi/c1-51(2)38-18-10-7-15-32(38)41-39(51)25-34(40-31-14-5-8-16-35(31)49-42(40)41)45-47-43(28-20-19-26-11-3-4-12-27(26)23-28)46-44(48-45)29-21-22-37-33(24-29)30-13-6-9-17-36(30)50-37/h3-25H,1-2H3. The number of hydrogen-bond donors (Lipinski definition) is 0. The van der Waals surface area contributed by atoms with Gasteiger partial charge in [0, 0.05) is 53.2 Å². The summed E-state index contributed by atoms with van der Waals surface area (Å²) in [5.74, 6) is 1.96. The van der Waals surface area contributed by atoms with Crippen LogP contribution >= 0.6 is 11.3 Å². The van der Waals surface area contributed by atoms with Crippen molar-refractivity contribution >= 4 is 82.7 Å². The zero-order valence-electron chi connectivity index (χ0n) is 27.9. The molecule has 4 heterocycles. The number of benzene rings is 7. The Morgan fingerprint density at radius 3 is 2.06 bits per heavy atom. The van der Waals surface area contributed by atoms with Crippen molar-refractivity contribution in [3.63, 3.8) is 0 Å². The Morgan fingerprint density at radius 1 is 0.510 bits per heavy atom. The summed E-state index contributed by atoms with van der Waals surface area (Å²) < 4.78 is 9.34. The first-order valence-electron chi connectivity index (χ1n) is 17.3. The summed E-state index contributed by atoms with van der Waals surface area (Å²) in [6, 6.07) is 49.7. The minimum absolute atomic E-state index is 0.650. The van der Waals surface area contributed by atoms with Crippen molar-refractivity contribution in [2.45, 2.75) is 13.1 Å². The van der Waals surface area contributed by atoms with Gasteiger partial charge in [-0.3, -0.25) is 0 Å². The lowest BCUT2D eigenvalue weighted by Crippen LogP contribution is -2.49. The molecule has 51 heavy (non-hydrogen) atoms. The van der Waals surface area contributed by atoms with Crippen molar-refractivity contribution in [1.29, 1.82) is 0 Å². The van der Waals surface area contributed by atoms with E-state index in [-0.39, 0.29) is 0 Å². The lowest BCUT2D eigenvalue weighted by Gasteiger charge is -2.19. The topological polar surface area (TPSA) is 51.8 Å². The molecular weight excluding hydrogens is 659 g/mol. The van der Waals surface area contributed by atoms with Crippen molar-refractivity contribution in [3.8, 4) is 45.3 Å². The highest BCUT2D eigenvalue weighted by Crippen LogP contribution is 2.44. The molecule has 0 aliphatic carbocycles. The van der Waals surface area contributed by atoms with E-state index < -0.39 is 8.07 Å². The molecule has 1 aliphatic rings. The zero-order valence-corrected chi connectivity index (χ0v) is 29.8. The van der Waals surface area contributed by atoms with Gasteiger partial charge in [-0.2, -0.15) is 0 Å². The maximum Gasteiger partial charge on any atom is 0.164 e. The fraction of sp³-hybridized carbons (Fsp3) is 0.0444. The summed E-state index contributed by atoms with van der Waals surface area (Å²) in [6.07, 6.45) is 0. The summed E-state index contributed by atoms with van der Waals surface area (Å²) >= 11 is 1.82. The molecule has 0 fully saturated rings. The number of aromatic nitrogens is 3. The second-order valence-corrected chi connectivity index (χ2v) is 19.4. The second kappa shape index (κ2) is 10.5. The number of fused-ring (bicyclic) bond motifs is 11. The number of rotatable bonds is 3. The van der Waals surface area contributed by atoms with Gasteiger partial charge >= 0.3 is 0 Å². The molecule has 0 radical (unpaired) electrons. The van der Waals surface area contributed by atoms with E-state index in [1.807, 2.05) is 17.4 Å². The third-order valence-electron chi connectivity index (χ3n) is 10.7. The summed E-state index contributed by atoms with van der Waals surface area (Å²) in [5.41, 5.74) is 7.18. The van der Waals surface area contributed by atoms with Crippen molar-refractivity contribution in [2.24, 2.45) is 0 Å². The smallest absolute Gasteiger partial charge is 0.164 e. The van der Waals surface area contributed by atoms with Gasteiger partial charge in [-0.25, -0.2) is 15.0 Å².